The molecule has 46 heavy (non-hydrogen) atoms. The first-order valence-electron chi connectivity index (χ1n) is 14.9. The lowest BCUT2D eigenvalue weighted by Gasteiger charge is -2.25. The minimum Gasteiger partial charge on any atom is -0.490 e. The molecular formula is C37H31ClN2O5S. The number of hydrogen-bond donors (Lipinski definition) is 0. The summed E-state index contributed by atoms with van der Waals surface area (Å²) >= 11 is 7.59. The molecular weight excluding hydrogens is 620 g/mol. The Morgan fingerprint density at radius 2 is 1.61 bits per heavy atom. The van der Waals surface area contributed by atoms with Gasteiger partial charge in [-0.05, 0) is 49.2 Å². The van der Waals surface area contributed by atoms with Crippen LogP contribution in [0, 0.1) is 0 Å². The molecule has 7 nitrogen and oxygen atoms in total. The highest BCUT2D eigenvalue weighted by Gasteiger charge is 2.35. The predicted molar refractivity (Wildman–Crippen MR) is 181 cm³/mol. The number of esters is 1. The molecule has 0 bridgehead atoms. The van der Waals surface area contributed by atoms with Gasteiger partial charge < -0.3 is 14.2 Å². The number of fused-ring (bicyclic) bond motifs is 1. The van der Waals surface area contributed by atoms with Crippen LogP contribution in [0.3, 0.4) is 0 Å². The van der Waals surface area contributed by atoms with E-state index >= 15 is 0 Å². The van der Waals surface area contributed by atoms with E-state index in [9.17, 15) is 9.59 Å². The van der Waals surface area contributed by atoms with Crippen LogP contribution in [0.1, 0.15) is 42.1 Å². The summed E-state index contributed by atoms with van der Waals surface area (Å²) in [4.78, 5) is 33.2. The quantitative estimate of drug-likeness (QED) is 0.160. The highest BCUT2D eigenvalue weighted by molar-refractivity contribution is 7.07. The third kappa shape index (κ3) is 6.40. The molecule has 1 atom stereocenters. The molecule has 0 unspecified atom stereocenters. The monoisotopic (exact) mass is 650 g/mol. The van der Waals surface area contributed by atoms with Gasteiger partial charge in [-0.2, -0.15) is 0 Å². The molecule has 2 heterocycles. The lowest BCUT2D eigenvalue weighted by molar-refractivity contribution is -0.138. The van der Waals surface area contributed by atoms with Gasteiger partial charge >= 0.3 is 5.97 Å². The second-order valence-corrected chi connectivity index (χ2v) is 11.8. The van der Waals surface area contributed by atoms with Crippen LogP contribution >= 0.6 is 22.9 Å². The zero-order valence-corrected chi connectivity index (χ0v) is 26.9. The number of benzene rings is 4. The molecule has 0 fully saturated rings. The average Bonchev–Trinajstić information content (AvgIpc) is 3.39. The minimum absolute atomic E-state index is 0.191. The van der Waals surface area contributed by atoms with Crippen molar-refractivity contribution < 1.29 is 19.0 Å². The SMILES string of the molecule is CCOC(=O)C1=C(c2ccccc2)N=c2s/c(=C\c3ccc(OCc4ccccc4Cl)c(OCC)c3)c(=O)n2[C@H]1c1ccccc1. The van der Waals surface area contributed by atoms with E-state index in [1.54, 1.807) is 11.5 Å². The van der Waals surface area contributed by atoms with Gasteiger partial charge in [0.1, 0.15) is 6.61 Å². The first-order chi connectivity index (χ1) is 22.5. The van der Waals surface area contributed by atoms with E-state index in [0.29, 0.717) is 43.7 Å². The van der Waals surface area contributed by atoms with E-state index in [1.165, 1.54) is 11.3 Å². The lowest BCUT2D eigenvalue weighted by atomic mass is 9.93. The summed E-state index contributed by atoms with van der Waals surface area (Å²) in [7, 11) is 0. The number of hydrogen-bond acceptors (Lipinski definition) is 7. The third-order valence-electron chi connectivity index (χ3n) is 7.40. The number of thiazole rings is 1. The van der Waals surface area contributed by atoms with E-state index in [2.05, 4.69) is 0 Å². The zero-order chi connectivity index (χ0) is 32.0. The first-order valence-corrected chi connectivity index (χ1v) is 16.1. The Bertz CT molecular complexity index is 2090. The second kappa shape index (κ2) is 14.0. The number of aromatic nitrogens is 1. The Morgan fingerprint density at radius 1 is 0.891 bits per heavy atom. The molecule has 1 aliphatic heterocycles. The molecule has 9 heteroatoms. The Labute approximate surface area is 275 Å². The van der Waals surface area contributed by atoms with E-state index in [0.717, 1.165) is 22.3 Å². The summed E-state index contributed by atoms with van der Waals surface area (Å²) in [5, 5.41) is 0.628. The van der Waals surface area contributed by atoms with Gasteiger partial charge in [0.05, 0.1) is 35.1 Å². The minimum atomic E-state index is -0.728. The molecule has 0 N–H and O–H groups in total. The van der Waals surface area contributed by atoms with Crippen molar-refractivity contribution in [2.75, 3.05) is 13.2 Å². The van der Waals surface area contributed by atoms with Crippen molar-refractivity contribution in [1.82, 2.24) is 4.57 Å². The number of ether oxygens (including phenoxy) is 3. The van der Waals surface area contributed by atoms with Crippen LogP contribution in [0.15, 0.2) is 118 Å². The van der Waals surface area contributed by atoms with Crippen molar-refractivity contribution in [3.05, 3.63) is 156 Å². The molecule has 0 saturated heterocycles. The van der Waals surface area contributed by atoms with Crippen LogP contribution in [0.25, 0.3) is 11.8 Å². The summed E-state index contributed by atoms with van der Waals surface area (Å²) in [5.74, 6) is 0.604. The molecule has 1 aliphatic rings. The summed E-state index contributed by atoms with van der Waals surface area (Å²) in [6.07, 6.45) is 1.81. The highest BCUT2D eigenvalue weighted by atomic mass is 35.5. The largest absolute Gasteiger partial charge is 0.490 e. The molecule has 0 amide bonds. The van der Waals surface area contributed by atoms with Gasteiger partial charge in [0, 0.05) is 16.1 Å². The molecule has 0 saturated carbocycles. The molecule has 1 aromatic heterocycles. The van der Waals surface area contributed by atoms with Crippen molar-refractivity contribution in [2.45, 2.75) is 26.5 Å². The number of halogens is 1. The molecule has 0 aliphatic carbocycles. The molecule has 0 spiro atoms. The standard InChI is InChI=1S/C37H31ClN2O5S/c1-3-43-30-21-24(19-20-29(30)45-23-27-17-11-12-18-28(27)38)22-31-35(41)40-34(26-15-9-6-10-16-26)32(36(42)44-4-2)33(39-37(40)46-31)25-13-7-5-8-14-25/h5-22,34H,3-4,23H2,1-2H3/b31-22-/t34-/m0/s1. The fourth-order valence-corrected chi connectivity index (χ4v) is 6.51. The van der Waals surface area contributed by atoms with E-state index in [1.807, 2.05) is 116 Å². The summed E-state index contributed by atoms with van der Waals surface area (Å²) in [5.41, 5.74) is 3.70. The molecule has 5 aromatic rings. The number of rotatable bonds is 10. The number of nitrogens with zero attached hydrogens (tertiary/aromatic N) is 2. The molecule has 232 valence electrons. The number of carbonyl (C=O) groups excluding carboxylic acids is 1. The maximum absolute atomic E-state index is 14.2. The fraction of sp³-hybridized carbons (Fsp3) is 0.162. The van der Waals surface area contributed by atoms with Gasteiger partial charge in [0.2, 0.25) is 0 Å². The lowest BCUT2D eigenvalue weighted by Crippen LogP contribution is -2.39. The van der Waals surface area contributed by atoms with Crippen molar-refractivity contribution in [3.63, 3.8) is 0 Å². The van der Waals surface area contributed by atoms with Crippen LogP contribution in [-0.4, -0.2) is 23.8 Å². The van der Waals surface area contributed by atoms with E-state index < -0.39 is 12.0 Å². The van der Waals surface area contributed by atoms with E-state index in [-0.39, 0.29) is 18.8 Å². The average molecular weight is 651 g/mol. The van der Waals surface area contributed by atoms with E-state index in [4.69, 9.17) is 30.8 Å². The highest BCUT2D eigenvalue weighted by Crippen LogP contribution is 2.35. The topological polar surface area (TPSA) is 79.1 Å². The van der Waals surface area contributed by atoms with Crippen LogP contribution in [0.4, 0.5) is 0 Å². The Hall–Kier alpha value is -4.92. The van der Waals surface area contributed by atoms with Crippen LogP contribution in [-0.2, 0) is 16.1 Å². The third-order valence-corrected chi connectivity index (χ3v) is 8.75. The first kappa shape index (κ1) is 31.1. The molecule has 4 aromatic carbocycles. The van der Waals surface area contributed by atoms with Gasteiger partial charge in [-0.1, -0.05) is 108 Å². The Balaban J connectivity index is 1.47. The normalized spacial score (nSPS) is 14.4. The van der Waals surface area contributed by atoms with Crippen molar-refractivity contribution >= 4 is 40.7 Å². The molecule has 0 radical (unpaired) electrons. The van der Waals surface area contributed by atoms with Gasteiger partial charge in [-0.25, -0.2) is 9.79 Å². The summed E-state index contributed by atoms with van der Waals surface area (Å²) in [6.45, 7) is 4.57. The van der Waals surface area contributed by atoms with Crippen LogP contribution in [0.2, 0.25) is 5.02 Å². The second-order valence-electron chi connectivity index (χ2n) is 10.4. The van der Waals surface area contributed by atoms with Gasteiger partial charge in [0.15, 0.2) is 16.3 Å². The van der Waals surface area contributed by atoms with Crippen LogP contribution in [0.5, 0.6) is 11.5 Å². The Kier molecular flexibility index (Phi) is 9.47. The maximum atomic E-state index is 14.2. The van der Waals surface area contributed by atoms with Crippen molar-refractivity contribution in [1.29, 1.82) is 0 Å². The maximum Gasteiger partial charge on any atom is 0.338 e. The predicted octanol–water partition coefficient (Wildman–Crippen LogP) is 6.57. The van der Waals surface area contributed by atoms with Crippen molar-refractivity contribution in [2.24, 2.45) is 4.99 Å². The van der Waals surface area contributed by atoms with Gasteiger partial charge in [-0.3, -0.25) is 9.36 Å². The Morgan fingerprint density at radius 3 is 2.33 bits per heavy atom. The molecule has 6 rings (SSSR count). The summed E-state index contributed by atoms with van der Waals surface area (Å²) < 4.78 is 19.6. The van der Waals surface area contributed by atoms with Crippen molar-refractivity contribution in [3.8, 4) is 11.5 Å². The zero-order valence-electron chi connectivity index (χ0n) is 25.3. The van der Waals surface area contributed by atoms with Gasteiger partial charge in [0.25, 0.3) is 5.56 Å². The fourth-order valence-electron chi connectivity index (χ4n) is 5.32. The summed E-state index contributed by atoms with van der Waals surface area (Å²) in [6, 6.07) is 31.3. The number of carbonyl (C=O) groups is 1. The van der Waals surface area contributed by atoms with Crippen LogP contribution < -0.4 is 24.4 Å². The smallest absolute Gasteiger partial charge is 0.338 e. The van der Waals surface area contributed by atoms with Gasteiger partial charge in [-0.15, -0.1) is 0 Å².